The van der Waals surface area contributed by atoms with Crippen LogP contribution in [-0.4, -0.2) is 49.2 Å². The second-order valence-electron chi connectivity index (χ2n) is 6.34. The number of piperidine rings is 1. The summed E-state index contributed by atoms with van der Waals surface area (Å²) in [5, 5.41) is 19.4. The van der Waals surface area contributed by atoms with Crippen molar-refractivity contribution in [3.8, 4) is 0 Å². The third-order valence-electron chi connectivity index (χ3n) is 4.57. The first-order valence-electron chi connectivity index (χ1n) is 8.02. The normalized spacial score (nSPS) is 22.8. The summed E-state index contributed by atoms with van der Waals surface area (Å²) in [6, 6.07) is 6.84. The number of rotatable bonds is 4. The Hall–Kier alpha value is -2.41. The number of fused-ring (bicyclic) bond motifs is 1. The average molecular weight is 331 g/mol. The maximum atomic E-state index is 12.4. The van der Waals surface area contributed by atoms with E-state index in [0.29, 0.717) is 5.82 Å². The molecule has 0 bridgehead atoms. The minimum absolute atomic E-state index is 0.0937. The molecule has 1 aromatic heterocycles. The lowest BCUT2D eigenvalue weighted by atomic mass is 9.87. The summed E-state index contributed by atoms with van der Waals surface area (Å²) in [6.07, 6.45) is -0.290. The van der Waals surface area contributed by atoms with Crippen molar-refractivity contribution >= 4 is 22.9 Å². The summed E-state index contributed by atoms with van der Waals surface area (Å²) >= 11 is 0. The van der Waals surface area contributed by atoms with Gasteiger partial charge >= 0.3 is 5.97 Å². The number of aliphatic carboxylic acids is 1. The molecule has 3 atom stereocenters. The number of nitrogens with zero attached hydrogens (tertiary/aromatic N) is 3. The van der Waals surface area contributed by atoms with Crippen molar-refractivity contribution in [1.82, 2.24) is 14.5 Å². The number of carboxylic acid groups (broad SMARTS) is 1. The third kappa shape index (κ3) is 2.75. The van der Waals surface area contributed by atoms with Gasteiger partial charge in [0.05, 0.1) is 23.1 Å². The van der Waals surface area contributed by atoms with Crippen LogP contribution in [0.1, 0.15) is 31.6 Å². The monoisotopic (exact) mass is 331 g/mol. The lowest BCUT2D eigenvalue weighted by molar-refractivity contribution is -0.153. The Morgan fingerprint density at radius 2 is 2.12 bits per heavy atom. The lowest BCUT2D eigenvalue weighted by Crippen LogP contribution is -2.48. The van der Waals surface area contributed by atoms with E-state index in [-0.39, 0.29) is 25.3 Å². The molecule has 24 heavy (non-hydrogen) atoms. The zero-order valence-corrected chi connectivity index (χ0v) is 13.7. The Morgan fingerprint density at radius 1 is 1.42 bits per heavy atom. The second-order valence-corrected chi connectivity index (χ2v) is 6.34. The second kappa shape index (κ2) is 6.24. The minimum Gasteiger partial charge on any atom is -0.481 e. The van der Waals surface area contributed by atoms with Crippen LogP contribution >= 0.6 is 0 Å². The lowest BCUT2D eigenvalue weighted by Gasteiger charge is -2.39. The first-order valence-corrected chi connectivity index (χ1v) is 8.02. The van der Waals surface area contributed by atoms with E-state index in [1.807, 2.05) is 35.9 Å². The van der Waals surface area contributed by atoms with Crippen LogP contribution in [0.3, 0.4) is 0 Å². The molecule has 1 aromatic carbocycles. The van der Waals surface area contributed by atoms with E-state index in [0.717, 1.165) is 11.0 Å². The number of amides is 1. The van der Waals surface area contributed by atoms with Gasteiger partial charge in [0.2, 0.25) is 5.91 Å². The van der Waals surface area contributed by atoms with Crippen LogP contribution in [0.15, 0.2) is 24.3 Å². The van der Waals surface area contributed by atoms with Crippen molar-refractivity contribution < 1.29 is 19.8 Å². The fraction of sp³-hybridized carbons (Fsp3) is 0.471. The molecule has 7 nitrogen and oxygen atoms in total. The molecular formula is C17H21N3O4. The van der Waals surface area contributed by atoms with E-state index >= 15 is 0 Å². The highest BCUT2D eigenvalue weighted by Gasteiger charge is 2.43. The minimum atomic E-state index is -0.949. The smallest absolute Gasteiger partial charge is 0.309 e. The van der Waals surface area contributed by atoms with Crippen molar-refractivity contribution in [3.05, 3.63) is 30.1 Å². The Labute approximate surface area is 139 Å². The number of likely N-dealkylation sites (tertiary alicyclic amines) is 1. The number of imidazole rings is 1. The van der Waals surface area contributed by atoms with Crippen molar-refractivity contribution in [3.63, 3.8) is 0 Å². The number of carboxylic acids is 1. The fourth-order valence-corrected chi connectivity index (χ4v) is 3.46. The van der Waals surface area contributed by atoms with Crippen LogP contribution in [0.2, 0.25) is 0 Å². The molecule has 1 fully saturated rings. The molecule has 0 saturated carbocycles. The summed E-state index contributed by atoms with van der Waals surface area (Å²) in [5.74, 6) is -1.30. The number of hydrogen-bond acceptors (Lipinski definition) is 4. The standard InChI is InChI=1S/C17H21N3O4/c1-10(21)9-20-14(22)8-7-11(17(23)24)15(20)16-18-12-5-3-4-6-13(12)19(16)2/h3-6,10-11,15,21H,7-9H2,1-2H3,(H,23,24). The van der Waals surface area contributed by atoms with Crippen LogP contribution in [0.4, 0.5) is 0 Å². The molecule has 2 heterocycles. The van der Waals surface area contributed by atoms with E-state index in [4.69, 9.17) is 0 Å². The molecule has 0 spiro atoms. The summed E-state index contributed by atoms with van der Waals surface area (Å²) in [6.45, 7) is 1.68. The van der Waals surface area contributed by atoms with Gasteiger partial charge in [0, 0.05) is 20.0 Å². The molecule has 0 aliphatic carbocycles. The quantitative estimate of drug-likeness (QED) is 0.881. The number of para-hydroxylation sites is 2. The summed E-state index contributed by atoms with van der Waals surface area (Å²) < 4.78 is 1.84. The Balaban J connectivity index is 2.13. The average Bonchev–Trinajstić information content (AvgIpc) is 2.86. The van der Waals surface area contributed by atoms with E-state index in [2.05, 4.69) is 4.98 Å². The highest BCUT2D eigenvalue weighted by Crippen LogP contribution is 2.37. The topological polar surface area (TPSA) is 95.7 Å². The Morgan fingerprint density at radius 3 is 2.75 bits per heavy atom. The van der Waals surface area contributed by atoms with Gasteiger partial charge in [0.25, 0.3) is 0 Å². The number of benzene rings is 1. The van der Waals surface area contributed by atoms with E-state index in [1.54, 1.807) is 6.92 Å². The van der Waals surface area contributed by atoms with Gasteiger partial charge in [0.1, 0.15) is 11.9 Å². The van der Waals surface area contributed by atoms with E-state index in [9.17, 15) is 19.8 Å². The Bertz CT molecular complexity index is 783. The maximum Gasteiger partial charge on any atom is 0.309 e. The number of aromatic nitrogens is 2. The number of aliphatic hydroxyl groups is 1. The molecular weight excluding hydrogens is 310 g/mol. The van der Waals surface area contributed by atoms with Gasteiger partial charge in [-0.3, -0.25) is 9.59 Å². The zero-order valence-electron chi connectivity index (χ0n) is 13.7. The molecule has 2 aromatic rings. The number of aryl methyl sites for hydroxylation is 1. The zero-order chi connectivity index (χ0) is 17.4. The van der Waals surface area contributed by atoms with Gasteiger partial charge in [-0.2, -0.15) is 0 Å². The highest BCUT2D eigenvalue weighted by atomic mass is 16.4. The van der Waals surface area contributed by atoms with Crippen molar-refractivity contribution in [2.75, 3.05) is 6.54 Å². The van der Waals surface area contributed by atoms with Crippen LogP contribution < -0.4 is 0 Å². The van der Waals surface area contributed by atoms with Crippen LogP contribution in [-0.2, 0) is 16.6 Å². The number of hydrogen-bond donors (Lipinski definition) is 2. The summed E-state index contributed by atoms with van der Waals surface area (Å²) in [4.78, 5) is 30.2. The van der Waals surface area contributed by atoms with Crippen LogP contribution in [0.5, 0.6) is 0 Å². The van der Waals surface area contributed by atoms with Gasteiger partial charge in [-0.05, 0) is 25.5 Å². The molecule has 1 saturated heterocycles. The summed E-state index contributed by atoms with van der Waals surface area (Å²) in [7, 11) is 1.82. The van der Waals surface area contributed by atoms with Crippen LogP contribution in [0.25, 0.3) is 11.0 Å². The van der Waals surface area contributed by atoms with Gasteiger partial charge in [-0.1, -0.05) is 12.1 Å². The molecule has 1 aliphatic heterocycles. The molecule has 1 aliphatic rings. The van der Waals surface area contributed by atoms with Gasteiger partial charge < -0.3 is 19.7 Å². The molecule has 3 unspecified atom stereocenters. The largest absolute Gasteiger partial charge is 0.481 e. The predicted octanol–water partition coefficient (Wildman–Crippen LogP) is 1.32. The first kappa shape index (κ1) is 16.4. The maximum absolute atomic E-state index is 12.4. The molecule has 128 valence electrons. The van der Waals surface area contributed by atoms with Gasteiger partial charge in [-0.15, -0.1) is 0 Å². The fourth-order valence-electron chi connectivity index (χ4n) is 3.46. The predicted molar refractivity (Wildman–Crippen MR) is 87.2 cm³/mol. The van der Waals surface area contributed by atoms with Crippen molar-refractivity contribution in [2.45, 2.75) is 31.9 Å². The van der Waals surface area contributed by atoms with Gasteiger partial charge in [0.15, 0.2) is 0 Å². The number of carbonyl (C=O) groups is 2. The number of carbonyl (C=O) groups excluding carboxylic acids is 1. The summed E-state index contributed by atoms with van der Waals surface area (Å²) in [5.41, 5.74) is 1.64. The highest BCUT2D eigenvalue weighted by molar-refractivity contribution is 5.82. The molecule has 7 heteroatoms. The molecule has 1 amide bonds. The van der Waals surface area contributed by atoms with E-state index < -0.39 is 24.0 Å². The van der Waals surface area contributed by atoms with Gasteiger partial charge in [-0.25, -0.2) is 4.98 Å². The van der Waals surface area contributed by atoms with Crippen molar-refractivity contribution in [1.29, 1.82) is 0 Å². The Kier molecular flexibility index (Phi) is 4.28. The first-order chi connectivity index (χ1) is 11.4. The SMILES string of the molecule is CC(O)CN1C(=O)CCC(C(=O)O)C1c1nc2ccccc2n1C. The number of aliphatic hydroxyl groups excluding tert-OH is 1. The molecule has 2 N–H and O–H groups in total. The third-order valence-corrected chi connectivity index (χ3v) is 4.57. The van der Waals surface area contributed by atoms with E-state index in [1.165, 1.54) is 4.90 Å². The van der Waals surface area contributed by atoms with Crippen molar-refractivity contribution in [2.24, 2.45) is 13.0 Å². The molecule has 0 radical (unpaired) electrons. The number of β-amino-alcohol motifs (C(OH)–C–C–N with tert-alkyl or cyclic N) is 1. The molecule has 3 rings (SSSR count). The van der Waals surface area contributed by atoms with Crippen LogP contribution in [0, 0.1) is 5.92 Å².